The van der Waals surface area contributed by atoms with E-state index in [-0.39, 0.29) is 6.04 Å². The van der Waals surface area contributed by atoms with Crippen LogP contribution in [0.15, 0.2) is 42.9 Å². The van der Waals surface area contributed by atoms with Crippen LogP contribution < -0.4 is 11.5 Å². The largest absolute Gasteiger partial charge is 0.399 e. The zero-order valence-electron chi connectivity index (χ0n) is 20.2. The van der Waals surface area contributed by atoms with E-state index in [0.717, 1.165) is 67.5 Å². The van der Waals surface area contributed by atoms with Crippen LogP contribution in [-0.2, 0) is 18.0 Å². The molecule has 178 valence electrons. The Hall–Kier alpha value is -2.26. The van der Waals surface area contributed by atoms with Gasteiger partial charge in [-0.2, -0.15) is 0 Å². The first-order chi connectivity index (χ1) is 15.8. The van der Waals surface area contributed by atoms with E-state index < -0.39 is 8.07 Å². The number of nitrogen functional groups attached to an aromatic ring is 1. The quantitative estimate of drug-likeness (QED) is 0.278. The summed E-state index contributed by atoms with van der Waals surface area (Å²) in [4.78, 5) is 11.6. The van der Waals surface area contributed by atoms with Gasteiger partial charge in [0.2, 0.25) is 0 Å². The van der Waals surface area contributed by atoms with Crippen LogP contribution in [0.25, 0.3) is 11.0 Å². The van der Waals surface area contributed by atoms with Gasteiger partial charge in [-0.15, -0.1) is 0 Å². The number of rotatable bonds is 9. The molecule has 7 nitrogen and oxygen atoms in total. The highest BCUT2D eigenvalue weighted by Crippen LogP contribution is 2.32. The number of hydrogen-bond donors (Lipinski definition) is 2. The molecule has 0 aliphatic carbocycles. The molecule has 4 N–H and O–H groups in total. The van der Waals surface area contributed by atoms with Gasteiger partial charge >= 0.3 is 0 Å². The van der Waals surface area contributed by atoms with E-state index in [1.54, 1.807) is 6.33 Å². The van der Waals surface area contributed by atoms with E-state index in [1.165, 1.54) is 5.56 Å². The number of nitrogens with two attached hydrogens (primary N) is 2. The van der Waals surface area contributed by atoms with Crippen molar-refractivity contribution in [1.29, 1.82) is 0 Å². The molecule has 3 aromatic rings. The summed E-state index contributed by atoms with van der Waals surface area (Å²) in [5.74, 6) is 0.419. The van der Waals surface area contributed by atoms with E-state index in [2.05, 4.69) is 57.3 Å². The van der Waals surface area contributed by atoms with Gasteiger partial charge in [0, 0.05) is 38.5 Å². The molecule has 0 spiro atoms. The predicted molar refractivity (Wildman–Crippen MR) is 137 cm³/mol. The fourth-order valence-electron chi connectivity index (χ4n) is 4.51. The summed E-state index contributed by atoms with van der Waals surface area (Å²) < 4.78 is 8.00. The smallest absolute Gasteiger partial charge is 0.145 e. The average molecular weight is 467 g/mol. The van der Waals surface area contributed by atoms with Gasteiger partial charge in [0.1, 0.15) is 18.7 Å². The molecule has 8 heteroatoms. The maximum absolute atomic E-state index is 6.77. The third-order valence-corrected chi connectivity index (χ3v) is 8.36. The molecule has 1 fully saturated rings. The second-order valence-electron chi connectivity index (χ2n) is 10.5. The molecule has 1 aromatic carbocycles. The number of benzene rings is 1. The zero-order valence-corrected chi connectivity index (χ0v) is 21.2. The minimum Gasteiger partial charge on any atom is -0.399 e. The van der Waals surface area contributed by atoms with Gasteiger partial charge in [-0.05, 0) is 61.7 Å². The number of ether oxygens (including phenoxy) is 1. The van der Waals surface area contributed by atoms with Gasteiger partial charge in [0.15, 0.2) is 0 Å². The number of anilines is 1. The number of aromatic nitrogens is 3. The Labute approximate surface area is 198 Å². The molecule has 4 rings (SSSR count). The van der Waals surface area contributed by atoms with E-state index in [1.807, 2.05) is 18.3 Å². The summed E-state index contributed by atoms with van der Waals surface area (Å²) in [6.45, 7) is 11.5. The number of nitrogens with zero attached hydrogens (tertiary/aromatic N) is 4. The van der Waals surface area contributed by atoms with Gasteiger partial charge in [-0.25, -0.2) is 9.97 Å². The summed E-state index contributed by atoms with van der Waals surface area (Å²) in [6.07, 6.45) is 5.83. The van der Waals surface area contributed by atoms with Crippen molar-refractivity contribution >= 4 is 24.8 Å². The first-order valence-corrected chi connectivity index (χ1v) is 15.7. The number of likely N-dealkylation sites (tertiary alicyclic amines) is 1. The van der Waals surface area contributed by atoms with Gasteiger partial charge in [-0.1, -0.05) is 31.8 Å². The summed E-state index contributed by atoms with van der Waals surface area (Å²) in [5.41, 5.74) is 16.6. The molecule has 0 radical (unpaired) electrons. The lowest BCUT2D eigenvalue weighted by atomic mass is 9.87. The van der Waals surface area contributed by atoms with Crippen molar-refractivity contribution < 1.29 is 4.74 Å². The molecular weight excluding hydrogens is 428 g/mol. The first kappa shape index (κ1) is 23.9. The van der Waals surface area contributed by atoms with Crippen molar-refractivity contribution in [2.75, 3.05) is 25.4 Å². The van der Waals surface area contributed by atoms with Gasteiger partial charge in [-0.3, -0.25) is 4.90 Å². The van der Waals surface area contributed by atoms with E-state index in [9.17, 15) is 0 Å². The Morgan fingerprint density at radius 1 is 1.09 bits per heavy atom. The summed E-state index contributed by atoms with van der Waals surface area (Å²) in [5, 5.41) is 1.04. The van der Waals surface area contributed by atoms with Crippen LogP contribution in [0, 0.1) is 5.92 Å². The molecule has 3 heterocycles. The molecule has 1 saturated heterocycles. The maximum Gasteiger partial charge on any atom is 0.145 e. The fourth-order valence-corrected chi connectivity index (χ4v) is 5.27. The normalized spacial score (nSPS) is 17.0. The van der Waals surface area contributed by atoms with Crippen LogP contribution in [-0.4, -0.2) is 47.2 Å². The lowest BCUT2D eigenvalue weighted by molar-refractivity contribution is 0.0898. The van der Waals surface area contributed by atoms with Crippen molar-refractivity contribution in [3.8, 4) is 0 Å². The lowest BCUT2D eigenvalue weighted by Crippen LogP contribution is -2.37. The van der Waals surface area contributed by atoms with E-state index in [4.69, 9.17) is 16.2 Å². The second-order valence-corrected chi connectivity index (χ2v) is 16.1. The second kappa shape index (κ2) is 10.3. The topological polar surface area (TPSA) is 95.2 Å². The van der Waals surface area contributed by atoms with Crippen molar-refractivity contribution in [1.82, 2.24) is 19.4 Å². The van der Waals surface area contributed by atoms with Gasteiger partial charge in [0.25, 0.3) is 0 Å². The molecule has 1 unspecified atom stereocenters. The third kappa shape index (κ3) is 6.20. The molecule has 1 aliphatic rings. The Bertz CT molecular complexity index is 1040. The van der Waals surface area contributed by atoms with Crippen molar-refractivity contribution in [3.05, 3.63) is 54.1 Å². The highest BCUT2D eigenvalue weighted by molar-refractivity contribution is 6.76. The fraction of sp³-hybridized carbons (Fsp3) is 0.520. The predicted octanol–water partition coefficient (Wildman–Crippen LogP) is 4.24. The van der Waals surface area contributed by atoms with Crippen molar-refractivity contribution in [2.24, 2.45) is 11.7 Å². The van der Waals surface area contributed by atoms with Crippen LogP contribution in [0.2, 0.25) is 25.7 Å². The van der Waals surface area contributed by atoms with Crippen LogP contribution >= 0.6 is 0 Å². The van der Waals surface area contributed by atoms with Crippen LogP contribution in [0.4, 0.5) is 5.69 Å². The van der Waals surface area contributed by atoms with Crippen molar-refractivity contribution in [3.63, 3.8) is 0 Å². The average Bonchev–Trinajstić information content (AvgIpc) is 3.21. The Morgan fingerprint density at radius 3 is 2.52 bits per heavy atom. The third-order valence-electron chi connectivity index (χ3n) is 6.66. The monoisotopic (exact) mass is 466 g/mol. The van der Waals surface area contributed by atoms with Crippen molar-refractivity contribution in [2.45, 2.75) is 57.8 Å². The molecular formula is C25H38N6OSi. The molecule has 2 aromatic heterocycles. The summed E-state index contributed by atoms with van der Waals surface area (Å²) in [7, 11) is -1.09. The number of fused-ring (bicyclic) bond motifs is 1. The molecule has 33 heavy (non-hydrogen) atoms. The Kier molecular flexibility index (Phi) is 7.48. The Balaban J connectivity index is 1.36. The van der Waals surface area contributed by atoms with Crippen LogP contribution in [0.1, 0.15) is 30.1 Å². The summed E-state index contributed by atoms with van der Waals surface area (Å²) in [6, 6.07) is 11.3. The Morgan fingerprint density at radius 2 is 1.82 bits per heavy atom. The molecule has 1 atom stereocenters. The van der Waals surface area contributed by atoms with Crippen LogP contribution in [0.5, 0.6) is 0 Å². The highest BCUT2D eigenvalue weighted by atomic mass is 28.3. The SMILES string of the molecule is C[Si](C)(C)CCOCn1ccc2c(C(N)C3CCN(Cc4ccc(N)cc4)CC3)ncnc21. The standard InChI is InChI=1S/C25H38N6OSi/c1-33(2,3)15-14-32-18-31-13-10-22-24(28-17-29-25(22)31)23(27)20-8-11-30(12-9-20)16-19-4-6-21(26)7-5-19/h4-7,10,13,17,20,23H,8-9,11-12,14-16,18,26-27H2,1-3H3. The van der Waals surface area contributed by atoms with E-state index in [0.29, 0.717) is 12.6 Å². The summed E-state index contributed by atoms with van der Waals surface area (Å²) >= 11 is 0. The van der Waals surface area contributed by atoms with Gasteiger partial charge < -0.3 is 20.8 Å². The lowest BCUT2D eigenvalue weighted by Gasteiger charge is -2.34. The molecule has 0 amide bonds. The molecule has 1 aliphatic heterocycles. The minimum absolute atomic E-state index is 0.0853. The van der Waals surface area contributed by atoms with E-state index >= 15 is 0 Å². The van der Waals surface area contributed by atoms with Gasteiger partial charge in [0.05, 0.1) is 11.7 Å². The maximum atomic E-state index is 6.77. The highest BCUT2D eigenvalue weighted by Gasteiger charge is 2.27. The van der Waals surface area contributed by atoms with Crippen LogP contribution in [0.3, 0.4) is 0 Å². The number of hydrogen-bond acceptors (Lipinski definition) is 6. The number of piperidine rings is 1. The molecule has 0 bridgehead atoms. The molecule has 0 saturated carbocycles. The zero-order chi connectivity index (χ0) is 23.4. The first-order valence-electron chi connectivity index (χ1n) is 12.0. The minimum atomic E-state index is -1.09.